The van der Waals surface area contributed by atoms with Gasteiger partial charge in [0.25, 0.3) is 5.91 Å². The molecule has 0 spiro atoms. The van der Waals surface area contributed by atoms with Crippen molar-refractivity contribution in [1.82, 2.24) is 9.88 Å². The third-order valence-corrected chi connectivity index (χ3v) is 6.19. The van der Waals surface area contributed by atoms with Gasteiger partial charge in [-0.25, -0.2) is 4.39 Å². The van der Waals surface area contributed by atoms with Crippen LogP contribution in [0.25, 0.3) is 10.2 Å². The summed E-state index contributed by atoms with van der Waals surface area (Å²) in [6.45, 7) is 0.962. The van der Waals surface area contributed by atoms with Crippen LogP contribution >= 0.6 is 27.3 Å². The lowest BCUT2D eigenvalue weighted by atomic mass is 10.2. The average Bonchev–Trinajstić information content (AvgIpc) is 3.22. The second kappa shape index (κ2) is 7.66. The molecule has 1 N–H and O–H groups in total. The molecular formula is C21H16BrFN2OS. The van der Waals surface area contributed by atoms with Crippen LogP contribution in [0, 0.1) is 5.82 Å². The number of benzene rings is 2. The monoisotopic (exact) mass is 442 g/mol. The maximum Gasteiger partial charge on any atom is 0.268 e. The number of fused-ring (bicyclic) bond motifs is 1. The number of aromatic nitrogens is 1. The minimum atomic E-state index is -0.285. The molecule has 0 radical (unpaired) electrons. The van der Waals surface area contributed by atoms with E-state index in [0.29, 0.717) is 18.8 Å². The molecule has 2 heterocycles. The number of hydrogen-bond acceptors (Lipinski definition) is 2. The highest BCUT2D eigenvalue weighted by atomic mass is 79.9. The van der Waals surface area contributed by atoms with Crippen LogP contribution < -0.4 is 5.32 Å². The lowest BCUT2D eigenvalue weighted by Gasteiger charge is -2.12. The number of amides is 1. The van der Waals surface area contributed by atoms with Crippen molar-refractivity contribution in [1.29, 1.82) is 0 Å². The molecule has 0 aliphatic carbocycles. The van der Waals surface area contributed by atoms with E-state index < -0.39 is 0 Å². The Morgan fingerprint density at radius 2 is 1.81 bits per heavy atom. The number of nitrogens with zero attached hydrogens (tertiary/aromatic N) is 1. The molecule has 2 aromatic heterocycles. The smallest absolute Gasteiger partial charge is 0.268 e. The van der Waals surface area contributed by atoms with Gasteiger partial charge in [0.1, 0.15) is 11.5 Å². The van der Waals surface area contributed by atoms with Gasteiger partial charge >= 0.3 is 0 Å². The summed E-state index contributed by atoms with van der Waals surface area (Å²) < 4.78 is 17.1. The number of rotatable bonds is 5. The van der Waals surface area contributed by atoms with Crippen LogP contribution in [0.1, 0.15) is 21.6 Å². The molecule has 1 amide bonds. The second-order valence-electron chi connectivity index (χ2n) is 6.21. The maximum atomic E-state index is 13.0. The van der Waals surface area contributed by atoms with Crippen LogP contribution in [0.15, 0.2) is 70.5 Å². The Morgan fingerprint density at radius 1 is 1.07 bits per heavy atom. The molecule has 0 aliphatic heterocycles. The standard InChI is InChI=1S/C21H16BrFN2OS/c22-17-13-27-19-10-18(21(26)24-11-14-6-8-16(23)9-7-14)25(20(17)19)12-15-4-2-1-3-5-15/h1-10,13H,11-12H2,(H,24,26). The van der Waals surface area contributed by atoms with Gasteiger partial charge in [-0.15, -0.1) is 11.3 Å². The Kier molecular flexibility index (Phi) is 5.09. The summed E-state index contributed by atoms with van der Waals surface area (Å²) in [6, 6.07) is 18.1. The highest BCUT2D eigenvalue weighted by molar-refractivity contribution is 9.10. The van der Waals surface area contributed by atoms with E-state index in [4.69, 9.17) is 0 Å². The third-order valence-electron chi connectivity index (χ3n) is 4.36. The fourth-order valence-corrected chi connectivity index (χ4v) is 4.72. The van der Waals surface area contributed by atoms with E-state index in [9.17, 15) is 9.18 Å². The summed E-state index contributed by atoms with van der Waals surface area (Å²) in [5, 5.41) is 4.97. The van der Waals surface area contributed by atoms with Crippen molar-refractivity contribution < 1.29 is 9.18 Å². The van der Waals surface area contributed by atoms with Crippen LogP contribution in [0.2, 0.25) is 0 Å². The first kappa shape index (κ1) is 17.9. The van der Waals surface area contributed by atoms with Crippen molar-refractivity contribution in [3.63, 3.8) is 0 Å². The van der Waals surface area contributed by atoms with E-state index in [1.54, 1.807) is 23.5 Å². The van der Waals surface area contributed by atoms with Gasteiger partial charge in [0.05, 0.1) is 14.7 Å². The predicted octanol–water partition coefficient (Wildman–Crippen LogP) is 5.58. The van der Waals surface area contributed by atoms with E-state index in [1.807, 2.05) is 46.3 Å². The Bertz CT molecular complexity index is 1090. The quantitative estimate of drug-likeness (QED) is 0.429. The van der Waals surface area contributed by atoms with Gasteiger partial charge in [0.15, 0.2) is 0 Å². The summed E-state index contributed by atoms with van der Waals surface area (Å²) in [6.07, 6.45) is 0. The van der Waals surface area contributed by atoms with Gasteiger partial charge < -0.3 is 9.88 Å². The van der Waals surface area contributed by atoms with Crippen molar-refractivity contribution in [3.8, 4) is 0 Å². The number of nitrogens with one attached hydrogen (secondary N) is 1. The highest BCUT2D eigenvalue weighted by Crippen LogP contribution is 2.33. The molecule has 6 heteroatoms. The molecule has 0 atom stereocenters. The summed E-state index contributed by atoms with van der Waals surface area (Å²) in [4.78, 5) is 12.9. The lowest BCUT2D eigenvalue weighted by Crippen LogP contribution is -2.25. The van der Waals surface area contributed by atoms with Gasteiger partial charge in [-0.3, -0.25) is 4.79 Å². The Morgan fingerprint density at radius 3 is 2.56 bits per heavy atom. The van der Waals surface area contributed by atoms with Crippen molar-refractivity contribution in [2.45, 2.75) is 13.1 Å². The van der Waals surface area contributed by atoms with Gasteiger partial charge in [0.2, 0.25) is 0 Å². The molecule has 27 heavy (non-hydrogen) atoms. The van der Waals surface area contributed by atoms with Crippen molar-refractivity contribution in [3.05, 3.63) is 93.2 Å². The maximum absolute atomic E-state index is 13.0. The molecule has 0 bridgehead atoms. The normalized spacial score (nSPS) is 11.0. The van der Waals surface area contributed by atoms with Crippen LogP contribution in [-0.2, 0) is 13.1 Å². The summed E-state index contributed by atoms with van der Waals surface area (Å²) in [7, 11) is 0. The summed E-state index contributed by atoms with van der Waals surface area (Å²) >= 11 is 5.20. The van der Waals surface area contributed by atoms with E-state index in [0.717, 1.165) is 25.8 Å². The topological polar surface area (TPSA) is 34.0 Å². The van der Waals surface area contributed by atoms with E-state index in [2.05, 4.69) is 21.2 Å². The lowest BCUT2D eigenvalue weighted by molar-refractivity contribution is 0.0942. The summed E-state index contributed by atoms with van der Waals surface area (Å²) in [5.74, 6) is -0.433. The van der Waals surface area contributed by atoms with Gasteiger partial charge in [-0.1, -0.05) is 42.5 Å². The molecule has 136 valence electrons. The molecule has 0 unspecified atom stereocenters. The fraction of sp³-hybridized carbons (Fsp3) is 0.0952. The minimum Gasteiger partial charge on any atom is -0.347 e. The number of halogens is 2. The van der Waals surface area contributed by atoms with Crippen molar-refractivity contribution >= 4 is 43.4 Å². The Labute approximate surface area is 168 Å². The van der Waals surface area contributed by atoms with E-state index in [1.165, 1.54) is 12.1 Å². The zero-order valence-electron chi connectivity index (χ0n) is 14.3. The first-order chi connectivity index (χ1) is 13.1. The highest BCUT2D eigenvalue weighted by Gasteiger charge is 2.18. The van der Waals surface area contributed by atoms with Gasteiger partial charge in [-0.05, 0) is 45.3 Å². The van der Waals surface area contributed by atoms with Crippen LogP contribution in [0.3, 0.4) is 0 Å². The molecule has 4 aromatic rings. The molecule has 0 saturated carbocycles. The van der Waals surface area contributed by atoms with E-state index >= 15 is 0 Å². The van der Waals surface area contributed by atoms with Crippen LogP contribution in [0.5, 0.6) is 0 Å². The largest absolute Gasteiger partial charge is 0.347 e. The van der Waals surface area contributed by atoms with Crippen LogP contribution in [-0.4, -0.2) is 10.5 Å². The fourth-order valence-electron chi connectivity index (χ4n) is 3.02. The SMILES string of the molecule is O=C(NCc1ccc(F)cc1)c1cc2scc(Br)c2n1Cc1ccccc1. The molecular weight excluding hydrogens is 427 g/mol. The predicted molar refractivity (Wildman–Crippen MR) is 111 cm³/mol. The third kappa shape index (κ3) is 3.82. The average molecular weight is 443 g/mol. The Balaban J connectivity index is 1.63. The first-order valence-electron chi connectivity index (χ1n) is 8.44. The van der Waals surface area contributed by atoms with Crippen molar-refractivity contribution in [2.24, 2.45) is 0 Å². The van der Waals surface area contributed by atoms with Gasteiger partial charge in [0, 0.05) is 18.5 Å². The molecule has 0 aliphatic rings. The molecule has 3 nitrogen and oxygen atoms in total. The zero-order chi connectivity index (χ0) is 18.8. The minimum absolute atomic E-state index is 0.148. The number of thiophene rings is 1. The first-order valence-corrected chi connectivity index (χ1v) is 10.1. The van der Waals surface area contributed by atoms with E-state index in [-0.39, 0.29) is 11.7 Å². The van der Waals surface area contributed by atoms with Crippen LogP contribution in [0.4, 0.5) is 4.39 Å². The second-order valence-corrected chi connectivity index (χ2v) is 7.97. The number of carbonyl (C=O) groups is 1. The summed E-state index contributed by atoms with van der Waals surface area (Å²) in [5.41, 5.74) is 3.62. The Hall–Kier alpha value is -2.44. The number of carbonyl (C=O) groups excluding carboxylic acids is 1. The molecule has 2 aromatic carbocycles. The molecule has 0 saturated heterocycles. The van der Waals surface area contributed by atoms with Crippen molar-refractivity contribution in [2.75, 3.05) is 0 Å². The number of hydrogen-bond donors (Lipinski definition) is 1. The van der Waals surface area contributed by atoms with Gasteiger partial charge in [-0.2, -0.15) is 0 Å². The molecule has 4 rings (SSSR count). The molecule has 0 fully saturated rings. The zero-order valence-corrected chi connectivity index (χ0v) is 16.7.